The molecule has 0 aliphatic heterocycles. The number of nitrogens with one attached hydrogen (secondary N) is 1. The first kappa shape index (κ1) is 16.9. The molecular weight excluding hydrogens is 318 g/mol. The van der Waals surface area contributed by atoms with Crippen LogP contribution in [0.25, 0.3) is 5.65 Å². The Bertz CT molecular complexity index is 917. The molecular formula is C19H19N3O3. The maximum atomic E-state index is 12.5. The van der Waals surface area contributed by atoms with E-state index in [2.05, 4.69) is 10.3 Å². The molecule has 0 aliphatic carbocycles. The van der Waals surface area contributed by atoms with Crippen LogP contribution in [0.4, 0.5) is 5.69 Å². The Morgan fingerprint density at radius 2 is 2.08 bits per heavy atom. The van der Waals surface area contributed by atoms with Gasteiger partial charge in [0, 0.05) is 30.5 Å². The summed E-state index contributed by atoms with van der Waals surface area (Å²) in [4.78, 5) is 28.9. The number of benzene rings is 1. The number of rotatable bonds is 6. The summed E-state index contributed by atoms with van der Waals surface area (Å²) in [5.41, 5.74) is 2.16. The van der Waals surface area contributed by atoms with Crippen molar-refractivity contribution >= 4 is 23.0 Å². The largest absolute Gasteiger partial charge is 0.396 e. The minimum absolute atomic E-state index is 0.0313. The van der Waals surface area contributed by atoms with E-state index in [4.69, 9.17) is 5.11 Å². The molecule has 0 bridgehead atoms. The van der Waals surface area contributed by atoms with Crippen LogP contribution in [-0.4, -0.2) is 32.8 Å². The number of imidazole rings is 1. The number of Topliss-reactive ketones (excluding diaryl/α,β-unsaturated/α-hetero) is 1. The fraction of sp³-hybridized carbons (Fsp3) is 0.211. The van der Waals surface area contributed by atoms with E-state index in [1.54, 1.807) is 34.9 Å². The van der Waals surface area contributed by atoms with Gasteiger partial charge in [-0.2, -0.15) is 0 Å². The lowest BCUT2D eigenvalue weighted by atomic mass is 10.00. The number of anilines is 1. The first-order valence-electron chi connectivity index (χ1n) is 8.06. The molecule has 1 aromatic carbocycles. The van der Waals surface area contributed by atoms with Crippen molar-refractivity contribution in [3.63, 3.8) is 0 Å². The van der Waals surface area contributed by atoms with E-state index in [-0.39, 0.29) is 30.6 Å². The van der Waals surface area contributed by atoms with Crippen molar-refractivity contribution < 1.29 is 14.7 Å². The molecule has 1 amide bonds. The van der Waals surface area contributed by atoms with Crippen LogP contribution in [0.5, 0.6) is 0 Å². The minimum atomic E-state index is -0.299. The van der Waals surface area contributed by atoms with Gasteiger partial charge >= 0.3 is 0 Å². The number of hydrogen-bond donors (Lipinski definition) is 2. The van der Waals surface area contributed by atoms with Crippen molar-refractivity contribution in [1.29, 1.82) is 0 Å². The predicted molar refractivity (Wildman–Crippen MR) is 94.8 cm³/mol. The molecule has 6 nitrogen and oxygen atoms in total. The lowest BCUT2D eigenvalue weighted by Gasteiger charge is -2.09. The molecule has 0 spiro atoms. The Hall–Kier alpha value is -2.99. The van der Waals surface area contributed by atoms with Gasteiger partial charge in [0.2, 0.25) is 0 Å². The summed E-state index contributed by atoms with van der Waals surface area (Å²) in [7, 11) is 0. The molecule has 6 heteroatoms. The van der Waals surface area contributed by atoms with Gasteiger partial charge in [0.15, 0.2) is 5.78 Å². The lowest BCUT2D eigenvalue weighted by Crippen LogP contribution is -2.15. The third kappa shape index (κ3) is 3.75. The van der Waals surface area contributed by atoms with Crippen molar-refractivity contribution in [1.82, 2.24) is 9.38 Å². The van der Waals surface area contributed by atoms with Crippen LogP contribution in [0.3, 0.4) is 0 Å². The zero-order chi connectivity index (χ0) is 17.8. The number of hydrogen-bond acceptors (Lipinski definition) is 4. The van der Waals surface area contributed by atoms with Gasteiger partial charge in [-0.1, -0.05) is 25.1 Å². The zero-order valence-corrected chi connectivity index (χ0v) is 13.8. The summed E-state index contributed by atoms with van der Waals surface area (Å²) < 4.78 is 1.70. The SMILES string of the molecule is C[C@@H](CO)CC(=O)c1cccc(NC(=O)c2cnc3ccccn23)c1. The molecule has 3 rings (SSSR count). The molecule has 128 valence electrons. The van der Waals surface area contributed by atoms with E-state index in [1.165, 1.54) is 6.20 Å². The Labute approximate surface area is 145 Å². The number of aliphatic hydroxyl groups excluding tert-OH is 1. The Kier molecular flexibility index (Phi) is 4.90. The third-order valence-corrected chi connectivity index (χ3v) is 3.94. The average Bonchev–Trinajstić information content (AvgIpc) is 3.06. The normalized spacial score (nSPS) is 12.1. The van der Waals surface area contributed by atoms with Crippen molar-refractivity contribution in [3.05, 3.63) is 66.1 Å². The van der Waals surface area contributed by atoms with Crippen LogP contribution >= 0.6 is 0 Å². The fourth-order valence-electron chi connectivity index (χ4n) is 2.56. The summed E-state index contributed by atoms with van der Waals surface area (Å²) in [5.74, 6) is -0.455. The first-order valence-corrected chi connectivity index (χ1v) is 8.06. The van der Waals surface area contributed by atoms with Gasteiger partial charge in [0.05, 0.1) is 6.20 Å². The highest BCUT2D eigenvalue weighted by Gasteiger charge is 2.14. The highest BCUT2D eigenvalue weighted by Crippen LogP contribution is 2.16. The third-order valence-electron chi connectivity index (χ3n) is 3.94. The number of aliphatic hydroxyl groups is 1. The van der Waals surface area contributed by atoms with E-state index in [1.807, 2.05) is 25.1 Å². The molecule has 3 aromatic rings. The molecule has 2 heterocycles. The van der Waals surface area contributed by atoms with Crippen molar-refractivity contribution in [3.8, 4) is 0 Å². The van der Waals surface area contributed by atoms with E-state index >= 15 is 0 Å². The van der Waals surface area contributed by atoms with E-state index in [0.717, 1.165) is 0 Å². The molecule has 0 saturated heterocycles. The van der Waals surface area contributed by atoms with Crippen LogP contribution in [0.1, 0.15) is 34.2 Å². The highest BCUT2D eigenvalue weighted by molar-refractivity contribution is 6.04. The van der Waals surface area contributed by atoms with Gasteiger partial charge in [-0.05, 0) is 30.2 Å². The average molecular weight is 337 g/mol. The monoisotopic (exact) mass is 337 g/mol. The predicted octanol–water partition coefficient (Wildman–Crippen LogP) is 2.79. The molecule has 25 heavy (non-hydrogen) atoms. The van der Waals surface area contributed by atoms with Gasteiger partial charge in [-0.15, -0.1) is 0 Å². The highest BCUT2D eigenvalue weighted by atomic mass is 16.3. The summed E-state index contributed by atoms with van der Waals surface area (Å²) in [6.07, 6.45) is 3.55. The quantitative estimate of drug-likeness (QED) is 0.678. The Balaban J connectivity index is 1.78. The van der Waals surface area contributed by atoms with Crippen LogP contribution < -0.4 is 5.32 Å². The number of fused-ring (bicyclic) bond motifs is 1. The molecule has 1 atom stereocenters. The summed E-state index contributed by atoms with van der Waals surface area (Å²) in [6, 6.07) is 12.3. The minimum Gasteiger partial charge on any atom is -0.396 e. The number of carbonyl (C=O) groups excluding carboxylic acids is 2. The summed E-state index contributed by atoms with van der Waals surface area (Å²) in [5, 5.41) is 11.9. The Morgan fingerprint density at radius 3 is 2.88 bits per heavy atom. The summed E-state index contributed by atoms with van der Waals surface area (Å²) >= 11 is 0. The molecule has 0 saturated carbocycles. The van der Waals surface area contributed by atoms with Gasteiger partial charge in [0.25, 0.3) is 5.91 Å². The van der Waals surface area contributed by atoms with Crippen molar-refractivity contribution in [2.24, 2.45) is 5.92 Å². The van der Waals surface area contributed by atoms with Gasteiger partial charge in [-0.3, -0.25) is 14.0 Å². The number of nitrogens with zero attached hydrogens (tertiary/aromatic N) is 2. The second-order valence-electron chi connectivity index (χ2n) is 6.02. The maximum absolute atomic E-state index is 12.5. The zero-order valence-electron chi connectivity index (χ0n) is 13.8. The lowest BCUT2D eigenvalue weighted by molar-refractivity contribution is 0.0942. The van der Waals surface area contributed by atoms with Gasteiger partial charge in [-0.25, -0.2) is 4.98 Å². The van der Waals surface area contributed by atoms with E-state index in [0.29, 0.717) is 22.6 Å². The number of amides is 1. The second kappa shape index (κ2) is 7.27. The number of aromatic nitrogens is 2. The summed E-state index contributed by atoms with van der Waals surface area (Å²) in [6.45, 7) is 1.78. The molecule has 2 N–H and O–H groups in total. The van der Waals surface area contributed by atoms with Crippen LogP contribution in [0, 0.1) is 5.92 Å². The molecule has 0 aliphatic rings. The standard InChI is InChI=1S/C19H19N3O3/c1-13(12-23)9-17(24)14-5-4-6-15(10-14)21-19(25)16-11-20-18-7-2-3-8-22(16)18/h2-8,10-11,13,23H,9,12H2,1H3,(H,21,25)/t13-/m1/s1. The van der Waals surface area contributed by atoms with Gasteiger partial charge < -0.3 is 10.4 Å². The second-order valence-corrected chi connectivity index (χ2v) is 6.02. The van der Waals surface area contributed by atoms with Crippen LogP contribution in [0.15, 0.2) is 54.9 Å². The van der Waals surface area contributed by atoms with Crippen LogP contribution in [-0.2, 0) is 0 Å². The number of ketones is 1. The maximum Gasteiger partial charge on any atom is 0.274 e. The molecule has 0 unspecified atom stereocenters. The van der Waals surface area contributed by atoms with Gasteiger partial charge in [0.1, 0.15) is 11.3 Å². The number of carbonyl (C=O) groups is 2. The smallest absolute Gasteiger partial charge is 0.274 e. The van der Waals surface area contributed by atoms with Crippen LogP contribution in [0.2, 0.25) is 0 Å². The van der Waals surface area contributed by atoms with E-state index < -0.39 is 0 Å². The van der Waals surface area contributed by atoms with Crippen molar-refractivity contribution in [2.45, 2.75) is 13.3 Å². The van der Waals surface area contributed by atoms with E-state index in [9.17, 15) is 9.59 Å². The number of pyridine rings is 1. The topological polar surface area (TPSA) is 83.7 Å². The Morgan fingerprint density at radius 1 is 1.24 bits per heavy atom. The van der Waals surface area contributed by atoms with Crippen molar-refractivity contribution in [2.75, 3.05) is 11.9 Å². The molecule has 2 aromatic heterocycles. The first-order chi connectivity index (χ1) is 12.1. The molecule has 0 radical (unpaired) electrons. The fourth-order valence-corrected chi connectivity index (χ4v) is 2.56. The molecule has 0 fully saturated rings.